The minimum atomic E-state index is -2.73. The molecule has 0 aliphatic carbocycles. The molecule has 0 saturated carbocycles. The number of nitrogens with one attached hydrogen (secondary N) is 1. The number of hydrogen-bond donors (Lipinski definition) is 2. The van der Waals surface area contributed by atoms with Gasteiger partial charge in [-0.25, -0.2) is 8.78 Å². The van der Waals surface area contributed by atoms with Crippen LogP contribution in [0.2, 0.25) is 0 Å². The molecule has 1 aromatic heterocycles. The van der Waals surface area contributed by atoms with Crippen molar-refractivity contribution >= 4 is 5.69 Å². The maximum absolute atomic E-state index is 13.7. The third-order valence-corrected chi connectivity index (χ3v) is 3.24. The molecule has 18 heavy (non-hydrogen) atoms. The number of aromatic nitrogens is 1. The Balaban J connectivity index is 2.76. The molecule has 0 spiro atoms. The van der Waals surface area contributed by atoms with Crippen LogP contribution in [0.4, 0.5) is 14.5 Å². The highest BCUT2D eigenvalue weighted by atomic mass is 19.3. The summed E-state index contributed by atoms with van der Waals surface area (Å²) in [5, 5.41) is 12.1. The van der Waals surface area contributed by atoms with Crippen molar-refractivity contribution in [3.8, 4) is 0 Å². The van der Waals surface area contributed by atoms with Gasteiger partial charge in [0.1, 0.15) is 0 Å². The van der Waals surface area contributed by atoms with Crippen LogP contribution in [0.25, 0.3) is 0 Å². The highest BCUT2D eigenvalue weighted by Crippen LogP contribution is 2.38. The van der Waals surface area contributed by atoms with Gasteiger partial charge in [0.2, 0.25) is 0 Å². The fourth-order valence-corrected chi connectivity index (χ4v) is 1.64. The first kappa shape index (κ1) is 14.8. The molecule has 0 aliphatic heterocycles. The fourth-order valence-electron chi connectivity index (χ4n) is 1.64. The van der Waals surface area contributed by atoms with Crippen LogP contribution in [0.3, 0.4) is 0 Å². The van der Waals surface area contributed by atoms with E-state index in [9.17, 15) is 8.78 Å². The summed E-state index contributed by atoms with van der Waals surface area (Å²) in [6, 6.07) is 1.66. The number of anilines is 1. The van der Waals surface area contributed by atoms with Crippen LogP contribution in [0.1, 0.15) is 32.8 Å². The monoisotopic (exact) mass is 258 g/mol. The summed E-state index contributed by atoms with van der Waals surface area (Å²) in [7, 11) is 0. The van der Waals surface area contributed by atoms with Gasteiger partial charge in [0.25, 0.3) is 5.92 Å². The summed E-state index contributed by atoms with van der Waals surface area (Å²) in [6.45, 7) is 4.50. The molecule has 3 nitrogen and oxygen atoms in total. The predicted octanol–water partition coefficient (Wildman–Crippen LogP) is 3.06. The van der Waals surface area contributed by atoms with Gasteiger partial charge in [-0.3, -0.25) is 4.98 Å². The van der Waals surface area contributed by atoms with Crippen molar-refractivity contribution in [1.82, 2.24) is 4.98 Å². The number of pyridine rings is 1. The Kier molecular flexibility index (Phi) is 4.62. The average molecular weight is 258 g/mol. The molecular weight excluding hydrogens is 238 g/mol. The van der Waals surface area contributed by atoms with Crippen molar-refractivity contribution in [3.63, 3.8) is 0 Å². The zero-order valence-corrected chi connectivity index (χ0v) is 11.0. The highest BCUT2D eigenvalue weighted by Gasteiger charge is 2.44. The van der Waals surface area contributed by atoms with Crippen molar-refractivity contribution < 1.29 is 13.9 Å². The van der Waals surface area contributed by atoms with E-state index in [0.29, 0.717) is 11.3 Å². The molecule has 1 heterocycles. The van der Waals surface area contributed by atoms with Gasteiger partial charge in [-0.05, 0) is 6.07 Å². The van der Waals surface area contributed by atoms with Crippen molar-refractivity contribution in [1.29, 1.82) is 0 Å². The number of alkyl halides is 2. The minimum absolute atomic E-state index is 0.118. The van der Waals surface area contributed by atoms with E-state index in [4.69, 9.17) is 5.11 Å². The summed E-state index contributed by atoms with van der Waals surface area (Å²) in [5.74, 6) is -2.73. The zero-order valence-electron chi connectivity index (χ0n) is 11.0. The van der Waals surface area contributed by atoms with Crippen molar-refractivity contribution in [2.24, 2.45) is 5.41 Å². The van der Waals surface area contributed by atoms with Gasteiger partial charge in [-0.2, -0.15) is 0 Å². The molecule has 5 heteroatoms. The summed E-state index contributed by atoms with van der Waals surface area (Å²) < 4.78 is 27.4. The van der Waals surface area contributed by atoms with Crippen LogP contribution >= 0.6 is 0 Å². The van der Waals surface area contributed by atoms with Gasteiger partial charge in [-0.15, -0.1) is 0 Å². The first-order valence-corrected chi connectivity index (χ1v) is 5.99. The minimum Gasteiger partial charge on any atom is -0.392 e. The summed E-state index contributed by atoms with van der Waals surface area (Å²) in [4.78, 5) is 3.92. The molecule has 1 rings (SSSR count). The second kappa shape index (κ2) is 5.61. The lowest BCUT2D eigenvalue weighted by Gasteiger charge is -2.34. The SMILES string of the molecule is CCC(F)(F)C(C)(C)CNc1cnccc1CO. The maximum atomic E-state index is 13.7. The second-order valence-electron chi connectivity index (χ2n) is 4.99. The molecule has 0 aromatic carbocycles. The molecule has 2 N–H and O–H groups in total. The molecule has 0 radical (unpaired) electrons. The molecule has 0 saturated heterocycles. The Morgan fingerprint density at radius 1 is 1.39 bits per heavy atom. The lowest BCUT2D eigenvalue weighted by Crippen LogP contribution is -2.41. The Morgan fingerprint density at radius 3 is 2.61 bits per heavy atom. The quantitative estimate of drug-likeness (QED) is 0.824. The number of halogens is 2. The topological polar surface area (TPSA) is 45.2 Å². The molecule has 0 atom stereocenters. The van der Waals surface area contributed by atoms with E-state index in [-0.39, 0.29) is 19.6 Å². The zero-order chi connectivity index (χ0) is 13.8. The van der Waals surface area contributed by atoms with Crippen LogP contribution in [0.5, 0.6) is 0 Å². The number of nitrogens with zero attached hydrogens (tertiary/aromatic N) is 1. The fraction of sp³-hybridized carbons (Fsp3) is 0.615. The summed E-state index contributed by atoms with van der Waals surface area (Å²) in [5.41, 5.74) is 0.0882. The Hall–Kier alpha value is -1.23. The van der Waals surface area contributed by atoms with E-state index in [1.165, 1.54) is 27.0 Å². The van der Waals surface area contributed by atoms with Gasteiger partial charge in [0.05, 0.1) is 18.5 Å². The van der Waals surface area contributed by atoms with Gasteiger partial charge >= 0.3 is 0 Å². The highest BCUT2D eigenvalue weighted by molar-refractivity contribution is 5.48. The van der Waals surface area contributed by atoms with E-state index in [2.05, 4.69) is 10.3 Å². The van der Waals surface area contributed by atoms with E-state index >= 15 is 0 Å². The number of aliphatic hydroxyl groups is 1. The summed E-state index contributed by atoms with van der Waals surface area (Å²) >= 11 is 0. The van der Waals surface area contributed by atoms with Crippen LogP contribution < -0.4 is 5.32 Å². The van der Waals surface area contributed by atoms with Crippen molar-refractivity contribution in [2.75, 3.05) is 11.9 Å². The van der Waals surface area contributed by atoms with E-state index < -0.39 is 11.3 Å². The van der Waals surface area contributed by atoms with E-state index in [0.717, 1.165) is 0 Å². The van der Waals surface area contributed by atoms with Crippen LogP contribution in [0.15, 0.2) is 18.5 Å². The molecule has 0 aliphatic rings. The first-order valence-electron chi connectivity index (χ1n) is 5.99. The molecule has 1 aromatic rings. The molecule has 0 unspecified atom stereocenters. The Labute approximate surface area is 106 Å². The van der Waals surface area contributed by atoms with Gasteiger partial charge in [0.15, 0.2) is 0 Å². The summed E-state index contributed by atoms with van der Waals surface area (Å²) in [6.07, 6.45) is 2.90. The standard InChI is InChI=1S/C13H20F2N2O/c1-4-13(14,15)12(2,3)9-17-11-7-16-6-5-10(11)8-18/h5-7,17-18H,4,8-9H2,1-3H3. The van der Waals surface area contributed by atoms with Crippen molar-refractivity contribution in [3.05, 3.63) is 24.0 Å². The first-order chi connectivity index (χ1) is 8.34. The molecule has 102 valence electrons. The second-order valence-corrected chi connectivity index (χ2v) is 4.99. The lowest BCUT2D eigenvalue weighted by molar-refractivity contribution is -0.101. The Bertz CT molecular complexity index is 394. The maximum Gasteiger partial charge on any atom is 0.254 e. The third-order valence-electron chi connectivity index (χ3n) is 3.24. The van der Waals surface area contributed by atoms with E-state index in [1.807, 2.05) is 0 Å². The molecular formula is C13H20F2N2O. The smallest absolute Gasteiger partial charge is 0.254 e. The molecule has 0 bridgehead atoms. The number of rotatable bonds is 6. The van der Waals surface area contributed by atoms with Crippen LogP contribution in [-0.2, 0) is 6.61 Å². The Morgan fingerprint density at radius 2 is 2.06 bits per heavy atom. The van der Waals surface area contributed by atoms with Gasteiger partial charge < -0.3 is 10.4 Å². The average Bonchev–Trinajstić information content (AvgIpc) is 2.36. The van der Waals surface area contributed by atoms with Crippen LogP contribution in [0, 0.1) is 5.41 Å². The number of aliphatic hydroxyl groups excluding tert-OH is 1. The molecule has 0 fully saturated rings. The van der Waals surface area contributed by atoms with Gasteiger partial charge in [0, 0.05) is 30.1 Å². The predicted molar refractivity (Wildman–Crippen MR) is 67.7 cm³/mol. The third kappa shape index (κ3) is 3.16. The van der Waals surface area contributed by atoms with E-state index in [1.54, 1.807) is 12.3 Å². The largest absolute Gasteiger partial charge is 0.392 e. The normalized spacial score (nSPS) is 12.6. The van der Waals surface area contributed by atoms with Crippen LogP contribution in [-0.4, -0.2) is 22.6 Å². The van der Waals surface area contributed by atoms with Crippen molar-refractivity contribution in [2.45, 2.75) is 39.7 Å². The molecule has 0 amide bonds. The van der Waals surface area contributed by atoms with Gasteiger partial charge in [-0.1, -0.05) is 20.8 Å². The number of hydrogen-bond acceptors (Lipinski definition) is 3. The lowest BCUT2D eigenvalue weighted by atomic mass is 9.84.